The van der Waals surface area contributed by atoms with Gasteiger partial charge in [-0.2, -0.15) is 22.0 Å². The van der Waals surface area contributed by atoms with E-state index in [9.17, 15) is 39.6 Å². The summed E-state index contributed by atoms with van der Waals surface area (Å²) in [5.41, 5.74) is -5.17. The van der Waals surface area contributed by atoms with Crippen molar-refractivity contribution < 1.29 is 44.7 Å². The van der Waals surface area contributed by atoms with Crippen molar-refractivity contribution in [3.63, 3.8) is 0 Å². The van der Waals surface area contributed by atoms with Crippen LogP contribution in [0.1, 0.15) is 21.5 Å². The Balaban J connectivity index is 3.97. The Morgan fingerprint density at radius 2 is 1.64 bits per heavy atom. The number of sulfone groups is 1. The van der Waals surface area contributed by atoms with E-state index in [1.807, 2.05) is 0 Å². The summed E-state index contributed by atoms with van der Waals surface area (Å²) in [4.78, 5) is 9.65. The van der Waals surface area contributed by atoms with Crippen LogP contribution in [0.2, 0.25) is 0 Å². The average molecular weight is 350 g/mol. The first-order chi connectivity index (χ1) is 9.62. The molecule has 4 nitrogen and oxygen atoms in total. The first kappa shape index (κ1) is 18.3. The number of carboxylic acids is 1. The van der Waals surface area contributed by atoms with Crippen LogP contribution >= 0.6 is 0 Å². The molecule has 22 heavy (non-hydrogen) atoms. The van der Waals surface area contributed by atoms with Crippen LogP contribution in [0, 0.1) is 12.7 Å². The molecule has 0 amide bonds. The Morgan fingerprint density at radius 3 is 1.95 bits per heavy atom. The summed E-state index contributed by atoms with van der Waals surface area (Å²) in [6, 6.07) is -0.0466. The molecule has 11 heteroatoms. The van der Waals surface area contributed by atoms with E-state index in [0.29, 0.717) is 13.2 Å². The lowest BCUT2D eigenvalue weighted by Gasteiger charge is -2.24. The first-order valence-electron chi connectivity index (χ1n) is 5.33. The number of alkyl halides is 5. The maximum atomic E-state index is 13.8. The zero-order valence-electron chi connectivity index (χ0n) is 10.9. The predicted molar refractivity (Wildman–Crippen MR) is 61.2 cm³/mol. The van der Waals surface area contributed by atoms with Gasteiger partial charge in [0, 0.05) is 6.26 Å². The first-order valence-corrected chi connectivity index (χ1v) is 7.23. The van der Waals surface area contributed by atoms with Crippen molar-refractivity contribution in [1.29, 1.82) is 0 Å². The summed E-state index contributed by atoms with van der Waals surface area (Å²) in [6.07, 6.45) is -5.72. The average Bonchev–Trinajstić information content (AvgIpc) is 2.28. The van der Waals surface area contributed by atoms with Gasteiger partial charge in [0.15, 0.2) is 9.84 Å². The molecule has 0 bridgehead atoms. The third kappa shape index (κ3) is 2.89. The summed E-state index contributed by atoms with van der Waals surface area (Å²) in [5.74, 6) is -9.76. The van der Waals surface area contributed by atoms with Crippen LogP contribution in [0.5, 0.6) is 0 Å². The van der Waals surface area contributed by atoms with Gasteiger partial charge in [-0.3, -0.25) is 0 Å². The van der Waals surface area contributed by atoms with Gasteiger partial charge in [-0.15, -0.1) is 0 Å². The monoisotopic (exact) mass is 350 g/mol. The fourth-order valence-electron chi connectivity index (χ4n) is 1.75. The van der Waals surface area contributed by atoms with Gasteiger partial charge >= 0.3 is 18.1 Å². The molecule has 1 aromatic carbocycles. The Kier molecular flexibility index (Phi) is 4.27. The second kappa shape index (κ2) is 5.14. The Bertz CT molecular complexity index is 736. The summed E-state index contributed by atoms with van der Waals surface area (Å²) in [7, 11) is -4.37. The van der Waals surface area contributed by atoms with Crippen LogP contribution in [0.3, 0.4) is 0 Å². The zero-order chi connectivity index (χ0) is 17.7. The SMILES string of the molecule is Cc1c(F)c(S(C)(=O)=O)cc(C(=O)O)c1C(F)(F)C(F)(F)F. The smallest absolute Gasteiger partial charge is 0.458 e. The van der Waals surface area contributed by atoms with Gasteiger partial charge in [-0.1, -0.05) is 0 Å². The number of halogens is 6. The van der Waals surface area contributed by atoms with E-state index in [1.54, 1.807) is 0 Å². The second-order valence-corrected chi connectivity index (χ2v) is 6.37. The Labute approximate surface area is 120 Å². The molecule has 1 N–H and O–H groups in total. The molecule has 0 heterocycles. The summed E-state index contributed by atoms with van der Waals surface area (Å²) >= 11 is 0. The van der Waals surface area contributed by atoms with Gasteiger partial charge in [0.05, 0.1) is 11.1 Å². The highest BCUT2D eigenvalue weighted by Crippen LogP contribution is 2.47. The minimum atomic E-state index is -6.18. The topological polar surface area (TPSA) is 71.4 Å². The van der Waals surface area contributed by atoms with E-state index in [1.165, 1.54) is 0 Å². The maximum absolute atomic E-state index is 13.8. The largest absolute Gasteiger partial charge is 0.478 e. The van der Waals surface area contributed by atoms with Gasteiger partial charge in [-0.25, -0.2) is 17.6 Å². The van der Waals surface area contributed by atoms with Crippen molar-refractivity contribution >= 4 is 15.8 Å². The van der Waals surface area contributed by atoms with Crippen molar-refractivity contribution in [2.75, 3.05) is 6.26 Å². The number of carbonyl (C=O) groups is 1. The number of hydrogen-bond donors (Lipinski definition) is 1. The lowest BCUT2D eigenvalue weighted by Crippen LogP contribution is -2.36. The molecule has 0 aliphatic carbocycles. The molecule has 0 saturated heterocycles. The van der Waals surface area contributed by atoms with Gasteiger partial charge < -0.3 is 5.11 Å². The molecular weight excluding hydrogens is 342 g/mol. The second-order valence-electron chi connectivity index (χ2n) is 4.39. The molecule has 0 radical (unpaired) electrons. The van der Waals surface area contributed by atoms with Crippen molar-refractivity contribution in [3.05, 3.63) is 28.6 Å². The van der Waals surface area contributed by atoms with Gasteiger partial charge in [0.2, 0.25) is 0 Å². The predicted octanol–water partition coefficient (Wildman–Crippen LogP) is 2.89. The molecular formula is C11H8F6O4S. The Hall–Kier alpha value is -1.78. The molecule has 0 spiro atoms. The van der Waals surface area contributed by atoms with Crippen molar-refractivity contribution in [2.24, 2.45) is 0 Å². The highest BCUT2D eigenvalue weighted by atomic mass is 32.2. The maximum Gasteiger partial charge on any atom is 0.458 e. The third-order valence-electron chi connectivity index (χ3n) is 2.77. The van der Waals surface area contributed by atoms with Crippen LogP contribution < -0.4 is 0 Å². The number of carboxylic acid groups (broad SMARTS) is 1. The molecule has 0 aliphatic heterocycles. The van der Waals surface area contributed by atoms with Gasteiger partial charge in [-0.05, 0) is 18.6 Å². The van der Waals surface area contributed by atoms with E-state index in [0.717, 1.165) is 0 Å². The number of rotatable bonds is 3. The minimum Gasteiger partial charge on any atom is -0.478 e. The van der Waals surface area contributed by atoms with Crippen LogP contribution in [0.15, 0.2) is 11.0 Å². The normalized spacial score (nSPS) is 13.3. The molecule has 0 aromatic heterocycles. The molecule has 1 aromatic rings. The molecule has 0 saturated carbocycles. The summed E-state index contributed by atoms with van der Waals surface area (Å²) < 4.78 is 101. The third-order valence-corrected chi connectivity index (χ3v) is 3.86. The quantitative estimate of drug-likeness (QED) is 0.851. The molecule has 0 atom stereocenters. The van der Waals surface area contributed by atoms with E-state index in [4.69, 9.17) is 5.11 Å². The Morgan fingerprint density at radius 1 is 1.18 bits per heavy atom. The zero-order valence-corrected chi connectivity index (χ0v) is 11.7. The van der Waals surface area contributed by atoms with E-state index >= 15 is 0 Å². The standard InChI is InChI=1S/C11H8F6O4S/c1-4-7(10(13,14)11(15,16)17)5(9(18)19)3-6(8(4)12)22(2,20)21/h3H,1-2H3,(H,18,19). The molecule has 0 unspecified atom stereocenters. The summed E-state index contributed by atoms with van der Waals surface area (Å²) in [5, 5.41) is 8.78. The van der Waals surface area contributed by atoms with Crippen molar-refractivity contribution in [3.8, 4) is 0 Å². The fraction of sp³-hybridized carbons (Fsp3) is 0.364. The van der Waals surface area contributed by atoms with E-state index < -0.39 is 55.3 Å². The van der Waals surface area contributed by atoms with Gasteiger partial charge in [0.1, 0.15) is 10.7 Å². The van der Waals surface area contributed by atoms with Crippen molar-refractivity contribution in [1.82, 2.24) is 0 Å². The summed E-state index contributed by atoms with van der Waals surface area (Å²) in [6.45, 7) is 0.450. The molecule has 1 rings (SSSR count). The minimum absolute atomic E-state index is 0.0466. The number of hydrogen-bond acceptors (Lipinski definition) is 3. The molecule has 124 valence electrons. The molecule has 0 fully saturated rings. The molecule has 0 aliphatic rings. The van der Waals surface area contributed by atoms with Crippen LogP contribution in [-0.2, 0) is 15.8 Å². The lowest BCUT2D eigenvalue weighted by molar-refractivity contribution is -0.289. The van der Waals surface area contributed by atoms with E-state index in [-0.39, 0.29) is 6.07 Å². The number of benzene rings is 1. The van der Waals surface area contributed by atoms with E-state index in [2.05, 4.69) is 0 Å². The highest BCUT2D eigenvalue weighted by Gasteiger charge is 2.61. The fourth-order valence-corrected chi connectivity index (χ4v) is 2.56. The van der Waals surface area contributed by atoms with Crippen LogP contribution in [0.4, 0.5) is 26.3 Å². The van der Waals surface area contributed by atoms with Crippen molar-refractivity contribution in [2.45, 2.75) is 23.9 Å². The van der Waals surface area contributed by atoms with Gasteiger partial charge in [0.25, 0.3) is 0 Å². The lowest BCUT2D eigenvalue weighted by atomic mass is 9.95. The van der Waals surface area contributed by atoms with Crippen LogP contribution in [0.25, 0.3) is 0 Å². The number of aromatic carboxylic acids is 1. The van der Waals surface area contributed by atoms with Crippen LogP contribution in [-0.4, -0.2) is 31.9 Å². The highest BCUT2D eigenvalue weighted by molar-refractivity contribution is 7.90.